The van der Waals surface area contributed by atoms with Crippen molar-refractivity contribution in [2.45, 2.75) is 33.5 Å². The highest BCUT2D eigenvalue weighted by molar-refractivity contribution is 7.10. The molecule has 0 amide bonds. The summed E-state index contributed by atoms with van der Waals surface area (Å²) in [5.41, 5.74) is 1.36. The molecule has 0 atom stereocenters. The molecule has 4 nitrogen and oxygen atoms in total. The van der Waals surface area contributed by atoms with Crippen molar-refractivity contribution in [1.82, 2.24) is 20.1 Å². The molecular formula is C11H16N4S. The first-order chi connectivity index (χ1) is 7.81. The topological polar surface area (TPSA) is 42.7 Å². The molecule has 5 heteroatoms. The summed E-state index contributed by atoms with van der Waals surface area (Å²) in [6.45, 7) is 6.75. The average Bonchev–Trinajstić information content (AvgIpc) is 2.88. The molecule has 0 bridgehead atoms. The van der Waals surface area contributed by atoms with Crippen molar-refractivity contribution in [2.75, 3.05) is 0 Å². The minimum absolute atomic E-state index is 0.769. The van der Waals surface area contributed by atoms with E-state index < -0.39 is 0 Å². The minimum Gasteiger partial charge on any atom is -0.305 e. The second-order valence-corrected chi connectivity index (χ2v) is 4.62. The van der Waals surface area contributed by atoms with Gasteiger partial charge in [0.2, 0.25) is 0 Å². The SMILES string of the molecule is CCn1ncnc1CNCc1sccc1C. The Bertz CT molecular complexity index is 446. The summed E-state index contributed by atoms with van der Waals surface area (Å²) in [6, 6.07) is 2.15. The van der Waals surface area contributed by atoms with Crippen molar-refractivity contribution in [3.63, 3.8) is 0 Å². The molecule has 0 aliphatic heterocycles. The van der Waals surface area contributed by atoms with Gasteiger partial charge in [-0.15, -0.1) is 11.3 Å². The fourth-order valence-corrected chi connectivity index (χ4v) is 2.44. The van der Waals surface area contributed by atoms with E-state index in [0.717, 1.165) is 25.5 Å². The molecule has 0 spiro atoms. The van der Waals surface area contributed by atoms with Gasteiger partial charge >= 0.3 is 0 Å². The van der Waals surface area contributed by atoms with Gasteiger partial charge in [-0.1, -0.05) is 0 Å². The van der Waals surface area contributed by atoms with Gasteiger partial charge in [-0.25, -0.2) is 9.67 Å². The molecule has 0 aliphatic rings. The van der Waals surface area contributed by atoms with Crippen LogP contribution < -0.4 is 5.32 Å². The predicted molar refractivity (Wildman–Crippen MR) is 65.3 cm³/mol. The van der Waals surface area contributed by atoms with Gasteiger partial charge < -0.3 is 5.32 Å². The van der Waals surface area contributed by atoms with Gasteiger partial charge in [0.1, 0.15) is 12.2 Å². The Hall–Kier alpha value is -1.20. The molecule has 0 aliphatic carbocycles. The number of aromatic nitrogens is 3. The molecular weight excluding hydrogens is 220 g/mol. The van der Waals surface area contributed by atoms with E-state index in [4.69, 9.17) is 0 Å². The lowest BCUT2D eigenvalue weighted by atomic mass is 10.3. The van der Waals surface area contributed by atoms with Crippen LogP contribution >= 0.6 is 11.3 Å². The highest BCUT2D eigenvalue weighted by atomic mass is 32.1. The van der Waals surface area contributed by atoms with E-state index >= 15 is 0 Å². The van der Waals surface area contributed by atoms with E-state index in [9.17, 15) is 0 Å². The highest BCUT2D eigenvalue weighted by Gasteiger charge is 2.03. The quantitative estimate of drug-likeness (QED) is 0.863. The van der Waals surface area contributed by atoms with Gasteiger partial charge in [-0.05, 0) is 30.9 Å². The molecule has 0 fully saturated rings. The standard InChI is InChI=1S/C11H16N4S/c1-3-15-11(13-8-14-15)7-12-6-10-9(2)4-5-16-10/h4-5,8,12H,3,6-7H2,1-2H3. The van der Waals surface area contributed by atoms with Crippen LogP contribution in [0.4, 0.5) is 0 Å². The second-order valence-electron chi connectivity index (χ2n) is 3.62. The van der Waals surface area contributed by atoms with E-state index in [0.29, 0.717) is 0 Å². The van der Waals surface area contributed by atoms with E-state index in [1.54, 1.807) is 17.7 Å². The van der Waals surface area contributed by atoms with E-state index in [-0.39, 0.29) is 0 Å². The zero-order valence-electron chi connectivity index (χ0n) is 9.60. The molecule has 0 radical (unpaired) electrons. The van der Waals surface area contributed by atoms with Crippen LogP contribution in [0.5, 0.6) is 0 Å². The Morgan fingerprint density at radius 3 is 3.00 bits per heavy atom. The van der Waals surface area contributed by atoms with E-state index in [2.05, 4.69) is 40.7 Å². The van der Waals surface area contributed by atoms with Gasteiger partial charge in [0, 0.05) is 18.0 Å². The van der Waals surface area contributed by atoms with Crippen LogP contribution in [0.25, 0.3) is 0 Å². The Morgan fingerprint density at radius 1 is 1.44 bits per heavy atom. The number of nitrogens with one attached hydrogen (secondary N) is 1. The monoisotopic (exact) mass is 236 g/mol. The Kier molecular flexibility index (Phi) is 3.69. The lowest BCUT2D eigenvalue weighted by Gasteiger charge is -2.04. The van der Waals surface area contributed by atoms with Crippen molar-refractivity contribution in [1.29, 1.82) is 0 Å². The van der Waals surface area contributed by atoms with Gasteiger partial charge in [0.05, 0.1) is 6.54 Å². The number of hydrogen-bond acceptors (Lipinski definition) is 4. The smallest absolute Gasteiger partial charge is 0.140 e. The van der Waals surface area contributed by atoms with Gasteiger partial charge in [-0.2, -0.15) is 5.10 Å². The molecule has 0 unspecified atom stereocenters. The van der Waals surface area contributed by atoms with Crippen LogP contribution in [-0.2, 0) is 19.6 Å². The van der Waals surface area contributed by atoms with Crippen molar-refractivity contribution in [3.05, 3.63) is 34.0 Å². The largest absolute Gasteiger partial charge is 0.305 e. The number of aryl methyl sites for hydroxylation is 2. The van der Waals surface area contributed by atoms with Crippen LogP contribution in [0.2, 0.25) is 0 Å². The maximum atomic E-state index is 4.22. The summed E-state index contributed by atoms with van der Waals surface area (Å²) < 4.78 is 1.91. The molecule has 2 aromatic rings. The van der Waals surface area contributed by atoms with Crippen LogP contribution in [0, 0.1) is 6.92 Å². The third-order valence-electron chi connectivity index (χ3n) is 2.53. The molecule has 2 heterocycles. The zero-order chi connectivity index (χ0) is 11.4. The highest BCUT2D eigenvalue weighted by Crippen LogP contribution is 2.14. The zero-order valence-corrected chi connectivity index (χ0v) is 10.4. The maximum Gasteiger partial charge on any atom is 0.140 e. The molecule has 1 N–H and O–H groups in total. The van der Waals surface area contributed by atoms with Gasteiger partial charge in [0.25, 0.3) is 0 Å². The first-order valence-corrected chi connectivity index (χ1v) is 6.29. The Morgan fingerprint density at radius 2 is 2.31 bits per heavy atom. The third-order valence-corrected chi connectivity index (χ3v) is 3.56. The Balaban J connectivity index is 1.87. The second kappa shape index (κ2) is 5.23. The number of hydrogen-bond donors (Lipinski definition) is 1. The molecule has 0 aromatic carbocycles. The summed E-state index contributed by atoms with van der Waals surface area (Å²) >= 11 is 1.79. The first kappa shape index (κ1) is 11.3. The van der Waals surface area contributed by atoms with Crippen molar-refractivity contribution in [3.8, 4) is 0 Å². The number of nitrogens with zero attached hydrogens (tertiary/aromatic N) is 3. The van der Waals surface area contributed by atoms with E-state index in [1.807, 2.05) is 4.68 Å². The molecule has 16 heavy (non-hydrogen) atoms. The van der Waals surface area contributed by atoms with Crippen LogP contribution in [0.15, 0.2) is 17.8 Å². The van der Waals surface area contributed by atoms with Crippen molar-refractivity contribution >= 4 is 11.3 Å². The molecule has 86 valence electrons. The lowest BCUT2D eigenvalue weighted by molar-refractivity contribution is 0.573. The fourth-order valence-electron chi connectivity index (χ4n) is 1.56. The average molecular weight is 236 g/mol. The minimum atomic E-state index is 0.769. The van der Waals surface area contributed by atoms with Crippen LogP contribution in [0.3, 0.4) is 0 Å². The lowest BCUT2D eigenvalue weighted by Crippen LogP contribution is -2.16. The van der Waals surface area contributed by atoms with Crippen molar-refractivity contribution < 1.29 is 0 Å². The molecule has 2 rings (SSSR count). The van der Waals surface area contributed by atoms with Gasteiger partial charge in [-0.3, -0.25) is 0 Å². The first-order valence-electron chi connectivity index (χ1n) is 5.41. The van der Waals surface area contributed by atoms with Crippen LogP contribution in [0.1, 0.15) is 23.2 Å². The normalized spacial score (nSPS) is 10.9. The maximum absolute atomic E-state index is 4.22. The summed E-state index contributed by atoms with van der Waals surface area (Å²) in [6.07, 6.45) is 1.61. The van der Waals surface area contributed by atoms with E-state index in [1.165, 1.54) is 10.4 Å². The predicted octanol–water partition coefficient (Wildman–Crippen LogP) is 1.96. The third kappa shape index (κ3) is 2.48. The summed E-state index contributed by atoms with van der Waals surface area (Å²) in [7, 11) is 0. The molecule has 0 saturated carbocycles. The summed E-state index contributed by atoms with van der Waals surface area (Å²) in [5, 5.41) is 9.65. The van der Waals surface area contributed by atoms with Gasteiger partial charge in [0.15, 0.2) is 0 Å². The Labute approximate surface area is 99.3 Å². The molecule has 2 aromatic heterocycles. The summed E-state index contributed by atoms with van der Waals surface area (Å²) in [4.78, 5) is 5.61. The van der Waals surface area contributed by atoms with Crippen molar-refractivity contribution in [2.24, 2.45) is 0 Å². The molecule has 0 saturated heterocycles. The number of thiophene rings is 1. The van der Waals surface area contributed by atoms with Crippen LogP contribution in [-0.4, -0.2) is 14.8 Å². The number of rotatable bonds is 5. The summed E-state index contributed by atoms with van der Waals surface area (Å²) in [5.74, 6) is 0.997. The fraction of sp³-hybridized carbons (Fsp3) is 0.455.